The molecule has 0 aromatic heterocycles. The molecular weight excluding hydrogens is 272 g/mol. The predicted molar refractivity (Wildman–Crippen MR) is 55.1 cm³/mol. The van der Waals surface area contributed by atoms with Crippen molar-refractivity contribution in [3.63, 3.8) is 0 Å². The number of alkyl halides is 1. The van der Waals surface area contributed by atoms with E-state index in [1.165, 1.54) is 0 Å². The second-order valence-electron chi connectivity index (χ2n) is 3.14. The summed E-state index contributed by atoms with van der Waals surface area (Å²) < 4.78 is 25.6. The highest BCUT2D eigenvalue weighted by Crippen LogP contribution is 2.24. The highest BCUT2D eigenvalue weighted by molar-refractivity contribution is 9.09. The van der Waals surface area contributed by atoms with Crippen LogP contribution in [-0.4, -0.2) is 9.75 Å². The van der Waals surface area contributed by atoms with Gasteiger partial charge in [-0.1, -0.05) is 22.9 Å². The SMILES string of the molecule is CC(Br)Cc1cc(F)c(F)cc1[N+](=O)[O-]. The molecule has 82 valence electrons. The molecule has 0 spiro atoms. The lowest BCUT2D eigenvalue weighted by molar-refractivity contribution is -0.385. The van der Waals surface area contributed by atoms with Gasteiger partial charge in [-0.25, -0.2) is 8.78 Å². The molecule has 1 aromatic rings. The van der Waals surface area contributed by atoms with Gasteiger partial charge in [0.25, 0.3) is 5.69 Å². The van der Waals surface area contributed by atoms with Crippen LogP contribution in [0.2, 0.25) is 0 Å². The molecule has 0 aliphatic heterocycles. The van der Waals surface area contributed by atoms with Crippen molar-refractivity contribution in [1.82, 2.24) is 0 Å². The number of nitro groups is 1. The van der Waals surface area contributed by atoms with Crippen LogP contribution in [0.5, 0.6) is 0 Å². The standard InChI is InChI=1S/C9H8BrF2NO2/c1-5(10)2-6-3-7(11)8(12)4-9(6)13(14)15/h3-5H,2H2,1H3. The van der Waals surface area contributed by atoms with Crippen LogP contribution in [0.15, 0.2) is 12.1 Å². The average molecular weight is 280 g/mol. The summed E-state index contributed by atoms with van der Waals surface area (Å²) in [6.07, 6.45) is 0.271. The van der Waals surface area contributed by atoms with Crippen LogP contribution >= 0.6 is 15.9 Å². The maximum absolute atomic E-state index is 12.9. The van der Waals surface area contributed by atoms with E-state index in [9.17, 15) is 18.9 Å². The Morgan fingerprint density at radius 2 is 2.00 bits per heavy atom. The summed E-state index contributed by atoms with van der Waals surface area (Å²) >= 11 is 3.20. The van der Waals surface area contributed by atoms with E-state index in [4.69, 9.17) is 0 Å². The predicted octanol–water partition coefficient (Wildman–Crippen LogP) is 3.20. The minimum atomic E-state index is -1.20. The fourth-order valence-electron chi connectivity index (χ4n) is 1.21. The van der Waals surface area contributed by atoms with Gasteiger partial charge in [0.15, 0.2) is 11.6 Å². The molecule has 1 unspecified atom stereocenters. The number of hydrogen-bond donors (Lipinski definition) is 0. The number of nitrogens with zero attached hydrogens (tertiary/aromatic N) is 1. The summed E-state index contributed by atoms with van der Waals surface area (Å²) in [7, 11) is 0. The van der Waals surface area contributed by atoms with Crippen molar-refractivity contribution in [3.05, 3.63) is 39.4 Å². The molecule has 0 saturated carbocycles. The first-order valence-electron chi connectivity index (χ1n) is 4.18. The molecule has 0 heterocycles. The van der Waals surface area contributed by atoms with Gasteiger partial charge >= 0.3 is 0 Å². The zero-order valence-corrected chi connectivity index (χ0v) is 9.42. The van der Waals surface area contributed by atoms with Crippen LogP contribution in [0, 0.1) is 21.7 Å². The molecule has 0 fully saturated rings. The van der Waals surface area contributed by atoms with Crippen molar-refractivity contribution in [3.8, 4) is 0 Å². The van der Waals surface area contributed by atoms with Crippen molar-refractivity contribution in [2.45, 2.75) is 18.2 Å². The Labute approximate surface area is 93.4 Å². The van der Waals surface area contributed by atoms with Crippen LogP contribution in [0.25, 0.3) is 0 Å². The van der Waals surface area contributed by atoms with E-state index < -0.39 is 16.6 Å². The maximum atomic E-state index is 12.9. The molecule has 6 heteroatoms. The Hall–Kier alpha value is -1.04. The van der Waals surface area contributed by atoms with Crippen molar-refractivity contribution in [2.24, 2.45) is 0 Å². The Kier molecular flexibility index (Phi) is 3.73. The zero-order chi connectivity index (χ0) is 11.6. The molecule has 0 saturated heterocycles. The Morgan fingerprint density at radius 3 is 2.47 bits per heavy atom. The Balaban J connectivity index is 3.22. The fourth-order valence-corrected chi connectivity index (χ4v) is 1.56. The lowest BCUT2D eigenvalue weighted by Crippen LogP contribution is -2.03. The molecule has 1 aromatic carbocycles. The highest BCUT2D eigenvalue weighted by Gasteiger charge is 2.19. The van der Waals surface area contributed by atoms with E-state index in [1.807, 2.05) is 0 Å². The number of hydrogen-bond acceptors (Lipinski definition) is 2. The molecule has 0 aliphatic rings. The van der Waals surface area contributed by atoms with E-state index in [0.29, 0.717) is 6.07 Å². The van der Waals surface area contributed by atoms with E-state index >= 15 is 0 Å². The smallest absolute Gasteiger partial charge is 0.258 e. The molecular formula is C9H8BrF2NO2. The molecule has 1 rings (SSSR count). The first-order valence-corrected chi connectivity index (χ1v) is 5.09. The lowest BCUT2D eigenvalue weighted by Gasteiger charge is -2.05. The second kappa shape index (κ2) is 4.65. The van der Waals surface area contributed by atoms with E-state index in [1.54, 1.807) is 6.92 Å². The van der Waals surface area contributed by atoms with Gasteiger partial charge < -0.3 is 0 Å². The normalized spacial score (nSPS) is 12.5. The molecule has 1 atom stereocenters. The first kappa shape index (κ1) is 12.0. The molecule has 3 nitrogen and oxygen atoms in total. The summed E-state index contributed by atoms with van der Waals surface area (Å²) in [5.74, 6) is -2.27. The Morgan fingerprint density at radius 1 is 1.47 bits per heavy atom. The van der Waals surface area contributed by atoms with Crippen LogP contribution in [0.1, 0.15) is 12.5 Å². The molecule has 0 radical (unpaired) electrons. The van der Waals surface area contributed by atoms with Crippen molar-refractivity contribution in [1.29, 1.82) is 0 Å². The van der Waals surface area contributed by atoms with Gasteiger partial charge in [-0.05, 0) is 12.5 Å². The van der Waals surface area contributed by atoms with Gasteiger partial charge in [0, 0.05) is 10.4 Å². The third kappa shape index (κ3) is 2.95. The molecule has 0 bridgehead atoms. The van der Waals surface area contributed by atoms with E-state index in [0.717, 1.165) is 6.07 Å². The van der Waals surface area contributed by atoms with Crippen LogP contribution in [0.3, 0.4) is 0 Å². The Bertz CT molecular complexity index is 396. The summed E-state index contributed by atoms with van der Waals surface area (Å²) in [4.78, 5) is 9.81. The lowest BCUT2D eigenvalue weighted by atomic mass is 10.1. The van der Waals surface area contributed by atoms with Gasteiger partial charge in [0.2, 0.25) is 0 Å². The number of benzene rings is 1. The van der Waals surface area contributed by atoms with Crippen molar-refractivity contribution in [2.75, 3.05) is 0 Å². The highest BCUT2D eigenvalue weighted by atomic mass is 79.9. The van der Waals surface area contributed by atoms with Gasteiger partial charge in [0.05, 0.1) is 11.0 Å². The fraction of sp³-hybridized carbons (Fsp3) is 0.333. The summed E-state index contributed by atoms with van der Waals surface area (Å²) in [5, 5.41) is 10.6. The van der Waals surface area contributed by atoms with E-state index in [2.05, 4.69) is 15.9 Å². The largest absolute Gasteiger partial charge is 0.275 e. The number of halogens is 3. The molecule has 0 N–H and O–H groups in total. The van der Waals surface area contributed by atoms with Gasteiger partial charge in [-0.2, -0.15) is 0 Å². The molecule has 0 amide bonds. The van der Waals surface area contributed by atoms with Gasteiger partial charge in [0.1, 0.15) is 0 Å². The van der Waals surface area contributed by atoms with Crippen molar-refractivity contribution < 1.29 is 13.7 Å². The molecule has 0 aliphatic carbocycles. The number of rotatable bonds is 3. The second-order valence-corrected chi connectivity index (χ2v) is 4.70. The maximum Gasteiger partial charge on any atom is 0.275 e. The van der Waals surface area contributed by atoms with Crippen molar-refractivity contribution >= 4 is 21.6 Å². The summed E-state index contributed by atoms with van der Waals surface area (Å²) in [6.45, 7) is 1.77. The van der Waals surface area contributed by atoms with Crippen LogP contribution in [0.4, 0.5) is 14.5 Å². The van der Waals surface area contributed by atoms with Crippen LogP contribution in [-0.2, 0) is 6.42 Å². The summed E-state index contributed by atoms with van der Waals surface area (Å²) in [6, 6.07) is 1.48. The summed E-state index contributed by atoms with van der Waals surface area (Å²) in [5.41, 5.74) is -0.205. The molecule has 15 heavy (non-hydrogen) atoms. The first-order chi connectivity index (χ1) is 6.91. The zero-order valence-electron chi connectivity index (χ0n) is 7.84. The number of nitro benzene ring substituents is 1. The quantitative estimate of drug-likeness (QED) is 0.484. The van der Waals surface area contributed by atoms with Gasteiger partial charge in [-0.3, -0.25) is 10.1 Å². The topological polar surface area (TPSA) is 43.1 Å². The minimum absolute atomic E-state index is 0.0407. The van der Waals surface area contributed by atoms with E-state index in [-0.39, 0.29) is 22.5 Å². The third-order valence-corrected chi connectivity index (χ3v) is 2.14. The minimum Gasteiger partial charge on any atom is -0.258 e. The third-order valence-electron chi connectivity index (χ3n) is 1.82. The van der Waals surface area contributed by atoms with Crippen LogP contribution < -0.4 is 0 Å². The van der Waals surface area contributed by atoms with Gasteiger partial charge in [-0.15, -0.1) is 0 Å². The monoisotopic (exact) mass is 279 g/mol. The average Bonchev–Trinajstić information content (AvgIpc) is 2.09.